The van der Waals surface area contributed by atoms with Crippen molar-refractivity contribution < 1.29 is 22.7 Å². The molecule has 24 heavy (non-hydrogen) atoms. The SMILES string of the molecule is CS(=O)(=O)N(C1CCOCC1)C1CCN(C(=O)C2CCOC2)CC1. The van der Waals surface area contributed by atoms with Gasteiger partial charge in [0, 0.05) is 45.0 Å². The van der Waals surface area contributed by atoms with Crippen LogP contribution in [0.1, 0.15) is 32.1 Å². The number of ether oxygens (including phenoxy) is 2. The Bertz CT molecular complexity index is 533. The normalized spacial score (nSPS) is 27.8. The first kappa shape index (κ1) is 18.1. The number of hydrogen-bond acceptors (Lipinski definition) is 5. The zero-order valence-electron chi connectivity index (χ0n) is 14.4. The van der Waals surface area contributed by atoms with Crippen LogP contribution in [-0.4, -0.2) is 81.4 Å². The Morgan fingerprint density at radius 1 is 0.958 bits per heavy atom. The van der Waals surface area contributed by atoms with Crippen LogP contribution in [-0.2, 0) is 24.3 Å². The fraction of sp³-hybridized carbons (Fsp3) is 0.938. The van der Waals surface area contributed by atoms with Gasteiger partial charge in [0.25, 0.3) is 0 Å². The Morgan fingerprint density at radius 3 is 2.08 bits per heavy atom. The van der Waals surface area contributed by atoms with Gasteiger partial charge in [0.2, 0.25) is 15.9 Å². The molecular weight excluding hydrogens is 332 g/mol. The first-order valence-electron chi connectivity index (χ1n) is 8.89. The number of amides is 1. The van der Waals surface area contributed by atoms with Gasteiger partial charge in [-0.3, -0.25) is 4.79 Å². The molecule has 7 nitrogen and oxygen atoms in total. The second kappa shape index (κ2) is 7.68. The molecule has 3 saturated heterocycles. The Balaban J connectivity index is 1.61. The minimum absolute atomic E-state index is 0.00743. The first-order chi connectivity index (χ1) is 11.5. The molecule has 0 aromatic rings. The predicted octanol–water partition coefficient (Wildman–Crippen LogP) is 0.455. The zero-order chi connectivity index (χ0) is 17.2. The largest absolute Gasteiger partial charge is 0.381 e. The summed E-state index contributed by atoms with van der Waals surface area (Å²) in [5, 5.41) is 0. The summed E-state index contributed by atoms with van der Waals surface area (Å²) < 4.78 is 37.1. The number of nitrogens with zero attached hydrogens (tertiary/aromatic N) is 2. The summed E-state index contributed by atoms with van der Waals surface area (Å²) in [6.45, 7) is 3.70. The van der Waals surface area contributed by atoms with E-state index < -0.39 is 10.0 Å². The number of rotatable bonds is 4. The van der Waals surface area contributed by atoms with Crippen LogP contribution in [0.4, 0.5) is 0 Å². The van der Waals surface area contributed by atoms with Gasteiger partial charge in [0.05, 0.1) is 18.8 Å². The van der Waals surface area contributed by atoms with Crippen molar-refractivity contribution in [3.05, 3.63) is 0 Å². The van der Waals surface area contributed by atoms with Gasteiger partial charge in [0.15, 0.2) is 0 Å². The van der Waals surface area contributed by atoms with Gasteiger partial charge in [-0.05, 0) is 32.1 Å². The minimum Gasteiger partial charge on any atom is -0.381 e. The fourth-order valence-corrected chi connectivity index (χ4v) is 5.61. The minimum atomic E-state index is -3.26. The predicted molar refractivity (Wildman–Crippen MR) is 89.1 cm³/mol. The fourth-order valence-electron chi connectivity index (χ4n) is 4.11. The van der Waals surface area contributed by atoms with Crippen LogP contribution in [0.5, 0.6) is 0 Å². The molecule has 0 N–H and O–H groups in total. The Kier molecular flexibility index (Phi) is 5.79. The third-order valence-electron chi connectivity index (χ3n) is 5.35. The van der Waals surface area contributed by atoms with Gasteiger partial charge in [-0.15, -0.1) is 0 Å². The van der Waals surface area contributed by atoms with Crippen LogP contribution in [0.25, 0.3) is 0 Å². The molecule has 3 fully saturated rings. The Hall–Kier alpha value is -0.700. The highest BCUT2D eigenvalue weighted by molar-refractivity contribution is 7.88. The summed E-state index contributed by atoms with van der Waals surface area (Å²) in [5.41, 5.74) is 0. The molecule has 0 aromatic carbocycles. The zero-order valence-corrected chi connectivity index (χ0v) is 15.2. The molecule has 0 saturated carbocycles. The van der Waals surface area contributed by atoms with Crippen molar-refractivity contribution in [2.45, 2.75) is 44.2 Å². The smallest absolute Gasteiger partial charge is 0.228 e. The highest BCUT2D eigenvalue weighted by Crippen LogP contribution is 2.27. The lowest BCUT2D eigenvalue weighted by Crippen LogP contribution is -2.53. The summed E-state index contributed by atoms with van der Waals surface area (Å²) in [7, 11) is -3.26. The summed E-state index contributed by atoms with van der Waals surface area (Å²) in [6.07, 6.45) is 5.04. The number of hydrogen-bond donors (Lipinski definition) is 0. The van der Waals surface area contributed by atoms with E-state index in [9.17, 15) is 13.2 Å². The van der Waals surface area contributed by atoms with E-state index in [1.807, 2.05) is 4.90 Å². The van der Waals surface area contributed by atoms with Gasteiger partial charge >= 0.3 is 0 Å². The van der Waals surface area contributed by atoms with Crippen molar-refractivity contribution in [1.82, 2.24) is 9.21 Å². The van der Waals surface area contributed by atoms with E-state index in [2.05, 4.69) is 0 Å². The van der Waals surface area contributed by atoms with Crippen molar-refractivity contribution in [2.75, 3.05) is 45.8 Å². The van der Waals surface area contributed by atoms with Gasteiger partial charge in [0.1, 0.15) is 0 Å². The standard InChI is InChI=1S/C16H28N2O5S/c1-24(20,21)18(15-5-10-22-11-6-15)14-2-7-17(8-3-14)16(19)13-4-9-23-12-13/h13-15H,2-12H2,1H3. The summed E-state index contributed by atoms with van der Waals surface area (Å²) >= 11 is 0. The maximum atomic E-state index is 12.5. The van der Waals surface area contributed by atoms with Crippen LogP contribution in [0, 0.1) is 5.92 Å². The van der Waals surface area contributed by atoms with Crippen LogP contribution in [0.2, 0.25) is 0 Å². The third kappa shape index (κ3) is 4.09. The summed E-state index contributed by atoms with van der Waals surface area (Å²) in [5.74, 6) is 0.158. The topological polar surface area (TPSA) is 76.2 Å². The Morgan fingerprint density at radius 2 is 1.54 bits per heavy atom. The van der Waals surface area contributed by atoms with E-state index in [0.29, 0.717) is 52.4 Å². The lowest BCUT2D eigenvalue weighted by Gasteiger charge is -2.42. The molecule has 1 atom stereocenters. The molecule has 3 aliphatic rings. The molecule has 0 spiro atoms. The maximum Gasteiger partial charge on any atom is 0.228 e. The van der Waals surface area contributed by atoms with Crippen molar-refractivity contribution >= 4 is 15.9 Å². The molecule has 0 aromatic heterocycles. The number of carbonyl (C=O) groups is 1. The Labute approximate surface area is 144 Å². The van der Waals surface area contributed by atoms with Crippen LogP contribution in [0.15, 0.2) is 0 Å². The molecule has 1 amide bonds. The van der Waals surface area contributed by atoms with Crippen molar-refractivity contribution in [1.29, 1.82) is 0 Å². The summed E-state index contributed by atoms with van der Waals surface area (Å²) in [4.78, 5) is 14.4. The molecule has 0 aliphatic carbocycles. The van der Waals surface area contributed by atoms with E-state index in [1.54, 1.807) is 4.31 Å². The molecule has 0 bridgehead atoms. The maximum absolute atomic E-state index is 12.5. The third-order valence-corrected chi connectivity index (χ3v) is 6.71. The van der Waals surface area contributed by atoms with Gasteiger partial charge in [-0.2, -0.15) is 4.31 Å². The van der Waals surface area contributed by atoms with E-state index in [0.717, 1.165) is 19.3 Å². The van der Waals surface area contributed by atoms with Crippen LogP contribution >= 0.6 is 0 Å². The molecular formula is C16H28N2O5S. The van der Waals surface area contributed by atoms with E-state index in [-0.39, 0.29) is 23.9 Å². The van der Waals surface area contributed by atoms with Crippen molar-refractivity contribution in [2.24, 2.45) is 5.92 Å². The molecule has 3 aliphatic heterocycles. The molecule has 138 valence electrons. The number of likely N-dealkylation sites (tertiary alicyclic amines) is 1. The van der Waals surface area contributed by atoms with Crippen LogP contribution in [0.3, 0.4) is 0 Å². The second-order valence-electron chi connectivity index (χ2n) is 7.05. The average molecular weight is 360 g/mol. The monoisotopic (exact) mass is 360 g/mol. The van der Waals surface area contributed by atoms with Crippen molar-refractivity contribution in [3.8, 4) is 0 Å². The summed E-state index contributed by atoms with van der Waals surface area (Å²) in [6, 6.07) is 0.0243. The quantitative estimate of drug-likeness (QED) is 0.728. The average Bonchev–Trinajstić information content (AvgIpc) is 3.09. The second-order valence-corrected chi connectivity index (χ2v) is 8.94. The first-order valence-corrected chi connectivity index (χ1v) is 10.7. The van der Waals surface area contributed by atoms with Crippen LogP contribution < -0.4 is 0 Å². The van der Waals surface area contributed by atoms with E-state index in [4.69, 9.17) is 9.47 Å². The highest BCUT2D eigenvalue weighted by Gasteiger charge is 2.38. The van der Waals surface area contributed by atoms with Gasteiger partial charge in [-0.25, -0.2) is 8.42 Å². The highest BCUT2D eigenvalue weighted by atomic mass is 32.2. The lowest BCUT2D eigenvalue weighted by molar-refractivity contribution is -0.137. The van der Waals surface area contributed by atoms with Gasteiger partial charge < -0.3 is 14.4 Å². The molecule has 0 radical (unpaired) electrons. The number of carbonyl (C=O) groups excluding carboxylic acids is 1. The number of piperidine rings is 1. The van der Waals surface area contributed by atoms with E-state index in [1.165, 1.54) is 6.26 Å². The van der Waals surface area contributed by atoms with E-state index >= 15 is 0 Å². The number of sulfonamides is 1. The van der Waals surface area contributed by atoms with Crippen molar-refractivity contribution in [3.63, 3.8) is 0 Å². The van der Waals surface area contributed by atoms with Gasteiger partial charge in [-0.1, -0.05) is 0 Å². The molecule has 3 rings (SSSR count). The molecule has 3 heterocycles. The molecule has 1 unspecified atom stereocenters. The lowest BCUT2D eigenvalue weighted by atomic mass is 9.99. The molecule has 8 heteroatoms.